The molecule has 2 rings (SSSR count). The molecule has 0 heterocycles. The van der Waals surface area contributed by atoms with Gasteiger partial charge in [0, 0.05) is 5.41 Å². The molecule has 0 bridgehead atoms. The average Bonchev–Trinajstić information content (AvgIpc) is 2.78. The first-order valence-electron chi connectivity index (χ1n) is 7.62. The monoisotopic (exact) mass is 308 g/mol. The minimum absolute atomic E-state index is 0.128. The molecule has 0 spiro atoms. The summed E-state index contributed by atoms with van der Waals surface area (Å²) in [6, 6.07) is 7.26. The van der Waals surface area contributed by atoms with Gasteiger partial charge in [0.05, 0.1) is 13.7 Å². The van der Waals surface area contributed by atoms with Crippen LogP contribution in [0.4, 0.5) is 0 Å². The molecule has 21 heavy (non-hydrogen) atoms. The van der Waals surface area contributed by atoms with Crippen molar-refractivity contribution in [3.05, 3.63) is 29.8 Å². The Bertz CT molecular complexity index is 465. The Morgan fingerprint density at radius 2 is 1.86 bits per heavy atom. The molecule has 1 aromatic carbocycles. The molecular weight excluding hydrogens is 284 g/mol. The Kier molecular flexibility index (Phi) is 5.97. The Labute approximate surface area is 132 Å². The highest BCUT2D eigenvalue weighted by Gasteiger charge is 2.31. The summed E-state index contributed by atoms with van der Waals surface area (Å²) in [5, 5.41) is 0. The number of thiol groups is 1. The summed E-state index contributed by atoms with van der Waals surface area (Å²) in [6.45, 7) is 0.616. The Hall–Kier alpha value is -1.16. The van der Waals surface area contributed by atoms with E-state index in [9.17, 15) is 4.79 Å². The molecule has 1 aromatic rings. The molecule has 1 fully saturated rings. The van der Waals surface area contributed by atoms with Gasteiger partial charge in [-0.25, -0.2) is 4.79 Å². The van der Waals surface area contributed by atoms with E-state index in [4.69, 9.17) is 9.47 Å². The molecule has 0 radical (unpaired) electrons. The van der Waals surface area contributed by atoms with E-state index >= 15 is 0 Å². The first kappa shape index (κ1) is 16.2. The van der Waals surface area contributed by atoms with E-state index in [1.165, 1.54) is 32.8 Å². The van der Waals surface area contributed by atoms with Gasteiger partial charge in [-0.2, -0.15) is 12.6 Å². The van der Waals surface area contributed by atoms with Gasteiger partial charge < -0.3 is 9.47 Å². The summed E-state index contributed by atoms with van der Waals surface area (Å²) in [5.41, 5.74) is 0.617. The van der Waals surface area contributed by atoms with Gasteiger partial charge in [0.1, 0.15) is 11.3 Å². The molecule has 1 saturated carbocycles. The van der Waals surface area contributed by atoms with Crippen molar-refractivity contribution in [1.29, 1.82) is 0 Å². The number of hydrogen-bond donors (Lipinski definition) is 1. The highest BCUT2D eigenvalue weighted by molar-refractivity contribution is 7.80. The third kappa shape index (κ3) is 4.16. The predicted molar refractivity (Wildman–Crippen MR) is 87.3 cm³/mol. The quantitative estimate of drug-likeness (QED) is 0.505. The molecule has 0 amide bonds. The fraction of sp³-hybridized carbons (Fsp3) is 0.588. The second-order valence-corrected chi connectivity index (χ2v) is 6.16. The molecule has 0 N–H and O–H groups in total. The standard InChI is InChI=1S/C17H24O3S/c1-19-16(18)14-8-4-5-9-15(14)20-12-17(13-21)10-6-2-3-7-11-17/h4-5,8-9,21H,2-3,6-7,10-13H2,1H3. The fourth-order valence-electron chi connectivity index (χ4n) is 2.93. The van der Waals surface area contributed by atoms with Crippen molar-refractivity contribution < 1.29 is 14.3 Å². The van der Waals surface area contributed by atoms with Crippen molar-refractivity contribution in [2.45, 2.75) is 38.5 Å². The number of benzene rings is 1. The van der Waals surface area contributed by atoms with Crippen LogP contribution in [0.5, 0.6) is 5.75 Å². The number of carbonyl (C=O) groups excluding carboxylic acids is 1. The lowest BCUT2D eigenvalue weighted by atomic mass is 9.83. The van der Waals surface area contributed by atoms with E-state index in [1.807, 2.05) is 18.2 Å². The average molecular weight is 308 g/mol. The van der Waals surface area contributed by atoms with Gasteiger partial charge in [0.25, 0.3) is 0 Å². The van der Waals surface area contributed by atoms with Crippen LogP contribution in [0.25, 0.3) is 0 Å². The number of para-hydroxylation sites is 1. The van der Waals surface area contributed by atoms with Gasteiger partial charge in [0.2, 0.25) is 0 Å². The zero-order valence-electron chi connectivity index (χ0n) is 12.6. The van der Waals surface area contributed by atoms with Crippen molar-refractivity contribution in [3.8, 4) is 5.75 Å². The molecule has 0 aliphatic heterocycles. The molecule has 0 aromatic heterocycles. The van der Waals surface area contributed by atoms with E-state index in [1.54, 1.807) is 6.07 Å². The van der Waals surface area contributed by atoms with E-state index in [0.29, 0.717) is 17.9 Å². The summed E-state index contributed by atoms with van der Waals surface area (Å²) in [7, 11) is 1.39. The number of carbonyl (C=O) groups is 1. The summed E-state index contributed by atoms with van der Waals surface area (Å²) in [5.74, 6) is 1.08. The Balaban J connectivity index is 2.09. The van der Waals surface area contributed by atoms with Gasteiger partial charge in [-0.3, -0.25) is 0 Å². The van der Waals surface area contributed by atoms with Crippen molar-refractivity contribution in [2.75, 3.05) is 19.5 Å². The normalized spacial score (nSPS) is 17.8. The highest BCUT2D eigenvalue weighted by Crippen LogP contribution is 2.37. The van der Waals surface area contributed by atoms with Crippen molar-refractivity contribution >= 4 is 18.6 Å². The molecular formula is C17H24O3S. The van der Waals surface area contributed by atoms with Crippen LogP contribution in [0.3, 0.4) is 0 Å². The molecule has 0 saturated heterocycles. The van der Waals surface area contributed by atoms with E-state index in [-0.39, 0.29) is 11.4 Å². The molecule has 4 heteroatoms. The maximum atomic E-state index is 11.8. The predicted octanol–water partition coefficient (Wildman–Crippen LogP) is 4.12. The first-order chi connectivity index (χ1) is 10.2. The van der Waals surface area contributed by atoms with Gasteiger partial charge in [0.15, 0.2) is 0 Å². The summed E-state index contributed by atoms with van der Waals surface area (Å²) in [6.07, 6.45) is 7.38. The lowest BCUT2D eigenvalue weighted by Gasteiger charge is -2.31. The van der Waals surface area contributed by atoms with Crippen LogP contribution < -0.4 is 4.74 Å². The number of ether oxygens (including phenoxy) is 2. The minimum Gasteiger partial charge on any atom is -0.492 e. The van der Waals surface area contributed by atoms with E-state index < -0.39 is 0 Å². The van der Waals surface area contributed by atoms with Crippen molar-refractivity contribution in [1.82, 2.24) is 0 Å². The van der Waals surface area contributed by atoms with Crippen molar-refractivity contribution in [2.24, 2.45) is 5.41 Å². The molecule has 0 atom stereocenters. The third-order valence-corrected chi connectivity index (χ3v) is 5.00. The van der Waals surface area contributed by atoms with Gasteiger partial charge in [-0.05, 0) is 30.7 Å². The second kappa shape index (κ2) is 7.74. The van der Waals surface area contributed by atoms with E-state index in [0.717, 1.165) is 18.6 Å². The molecule has 1 aliphatic carbocycles. The zero-order valence-corrected chi connectivity index (χ0v) is 13.5. The summed E-state index contributed by atoms with van der Waals surface area (Å²) < 4.78 is 10.8. The van der Waals surface area contributed by atoms with Crippen LogP contribution in [0.1, 0.15) is 48.9 Å². The number of hydrogen-bond acceptors (Lipinski definition) is 4. The lowest BCUT2D eigenvalue weighted by molar-refractivity contribution is 0.0591. The van der Waals surface area contributed by atoms with Crippen LogP contribution in [0.2, 0.25) is 0 Å². The SMILES string of the molecule is COC(=O)c1ccccc1OCC1(CS)CCCCCC1. The maximum Gasteiger partial charge on any atom is 0.341 e. The number of rotatable bonds is 5. The molecule has 1 aliphatic rings. The molecule has 3 nitrogen and oxygen atoms in total. The maximum absolute atomic E-state index is 11.8. The third-order valence-electron chi connectivity index (χ3n) is 4.33. The summed E-state index contributed by atoms with van der Waals surface area (Å²) >= 11 is 4.56. The number of esters is 1. The van der Waals surface area contributed by atoms with Crippen LogP contribution in [0, 0.1) is 5.41 Å². The lowest BCUT2D eigenvalue weighted by Crippen LogP contribution is -2.30. The fourth-order valence-corrected chi connectivity index (χ4v) is 3.34. The van der Waals surface area contributed by atoms with E-state index in [2.05, 4.69) is 12.6 Å². The van der Waals surface area contributed by atoms with Crippen molar-refractivity contribution in [3.63, 3.8) is 0 Å². The molecule has 116 valence electrons. The Morgan fingerprint density at radius 3 is 2.48 bits per heavy atom. The van der Waals surface area contributed by atoms with Crippen LogP contribution in [0.15, 0.2) is 24.3 Å². The smallest absolute Gasteiger partial charge is 0.341 e. The first-order valence-corrected chi connectivity index (χ1v) is 8.25. The molecule has 0 unspecified atom stereocenters. The minimum atomic E-state index is -0.355. The topological polar surface area (TPSA) is 35.5 Å². The van der Waals surface area contributed by atoms with Crippen LogP contribution >= 0.6 is 12.6 Å². The zero-order chi connectivity index (χ0) is 15.1. The number of methoxy groups -OCH3 is 1. The van der Waals surface area contributed by atoms with Gasteiger partial charge in [-0.15, -0.1) is 0 Å². The van der Waals surface area contributed by atoms with Crippen LogP contribution in [-0.2, 0) is 4.74 Å². The van der Waals surface area contributed by atoms with Gasteiger partial charge in [-0.1, -0.05) is 37.8 Å². The largest absolute Gasteiger partial charge is 0.492 e. The highest BCUT2D eigenvalue weighted by atomic mass is 32.1. The summed E-state index contributed by atoms with van der Waals surface area (Å²) in [4.78, 5) is 11.8. The van der Waals surface area contributed by atoms with Gasteiger partial charge >= 0.3 is 5.97 Å². The second-order valence-electron chi connectivity index (χ2n) is 5.85. The van der Waals surface area contributed by atoms with Crippen LogP contribution in [-0.4, -0.2) is 25.4 Å². The Morgan fingerprint density at radius 1 is 1.19 bits per heavy atom.